The van der Waals surface area contributed by atoms with Gasteiger partial charge in [0.25, 0.3) is 21.8 Å². The van der Waals surface area contributed by atoms with Gasteiger partial charge in [-0.05, 0) is 86.1 Å². The molecule has 0 unspecified atom stereocenters. The topological polar surface area (TPSA) is 117 Å². The van der Waals surface area contributed by atoms with Gasteiger partial charge in [-0.1, -0.05) is 58.6 Å². The lowest BCUT2D eigenvalue weighted by Gasteiger charge is -2.24. The van der Waals surface area contributed by atoms with Crippen LogP contribution in [-0.4, -0.2) is 39.6 Å². The van der Waals surface area contributed by atoms with Gasteiger partial charge in [-0.15, -0.1) is 0 Å². The first-order chi connectivity index (χ1) is 20.5. The summed E-state index contributed by atoms with van der Waals surface area (Å²) in [7, 11) is -4.15. The van der Waals surface area contributed by atoms with Gasteiger partial charge in [0, 0.05) is 15.7 Å². The Bertz CT molecular complexity index is 1710. The second-order valence-electron chi connectivity index (χ2n) is 9.52. The molecule has 0 saturated carbocycles. The number of benzene rings is 4. The van der Waals surface area contributed by atoms with E-state index >= 15 is 0 Å². The molecule has 2 N–H and O–H groups in total. The first kappa shape index (κ1) is 31.6. The number of rotatable bonds is 11. The van der Waals surface area contributed by atoms with Crippen LogP contribution in [0.15, 0.2) is 101 Å². The average Bonchev–Trinajstić information content (AvgIpc) is 2.96. The number of anilines is 2. The highest BCUT2D eigenvalue weighted by Crippen LogP contribution is 2.29. The summed E-state index contributed by atoms with van der Waals surface area (Å²) >= 11 is 12.2. The molecular weight excluding hydrogens is 611 g/mol. The van der Waals surface area contributed by atoms with Gasteiger partial charge in [-0.2, -0.15) is 5.10 Å². The molecule has 0 saturated heterocycles. The summed E-state index contributed by atoms with van der Waals surface area (Å²) in [4.78, 5) is 25.0. The first-order valence-electron chi connectivity index (χ1n) is 13.0. The van der Waals surface area contributed by atoms with E-state index in [-0.39, 0.29) is 33.1 Å². The van der Waals surface area contributed by atoms with E-state index in [4.69, 9.17) is 27.9 Å². The van der Waals surface area contributed by atoms with Crippen LogP contribution in [0, 0.1) is 13.8 Å². The summed E-state index contributed by atoms with van der Waals surface area (Å²) in [6, 6.07) is 24.6. The summed E-state index contributed by atoms with van der Waals surface area (Å²) in [5.41, 5.74) is 5.75. The highest BCUT2D eigenvalue weighted by Gasteiger charge is 2.27. The van der Waals surface area contributed by atoms with Crippen LogP contribution in [0.2, 0.25) is 10.0 Å². The van der Waals surface area contributed by atoms with E-state index in [1.165, 1.54) is 36.5 Å². The number of nitrogens with one attached hydrogen (secondary N) is 2. The zero-order valence-electron chi connectivity index (χ0n) is 23.3. The maximum atomic E-state index is 13.5. The lowest BCUT2D eigenvalue weighted by atomic mass is 10.2. The number of hydrazone groups is 1. The molecule has 43 heavy (non-hydrogen) atoms. The van der Waals surface area contributed by atoms with E-state index < -0.39 is 22.5 Å². The maximum absolute atomic E-state index is 13.5. The number of sulfonamides is 1. The van der Waals surface area contributed by atoms with Crippen molar-refractivity contribution in [3.8, 4) is 5.75 Å². The van der Waals surface area contributed by atoms with Crippen molar-refractivity contribution in [1.29, 1.82) is 0 Å². The number of amides is 2. The molecule has 12 heteroatoms. The molecule has 0 aliphatic rings. The maximum Gasteiger partial charge on any atom is 0.264 e. The Kier molecular flexibility index (Phi) is 10.4. The molecule has 0 fully saturated rings. The Balaban J connectivity index is 1.37. The Morgan fingerprint density at radius 1 is 0.837 bits per heavy atom. The largest absolute Gasteiger partial charge is 0.484 e. The molecule has 0 aromatic heterocycles. The lowest BCUT2D eigenvalue weighted by molar-refractivity contribution is -0.119. The highest BCUT2D eigenvalue weighted by atomic mass is 35.5. The standard InChI is InChI=1S/C31H28Cl2N4O5S/c1-21-3-9-26(10-4-21)35-31(39)20-42-28-11-7-23(8-12-28)18-34-36-30(38)19-37(27-16-24(32)15-25(33)17-27)43(40,41)29-13-5-22(2)6-14-29/h3-18H,19-20H2,1-2H3,(H,35,39)(H,36,38)/b34-18-. The third-order valence-electron chi connectivity index (χ3n) is 6.02. The molecule has 222 valence electrons. The van der Waals surface area contributed by atoms with E-state index in [9.17, 15) is 18.0 Å². The number of hydrogen-bond donors (Lipinski definition) is 2. The van der Waals surface area contributed by atoms with Gasteiger partial charge in [0.05, 0.1) is 16.8 Å². The van der Waals surface area contributed by atoms with Crippen LogP contribution < -0.4 is 19.8 Å². The van der Waals surface area contributed by atoms with Gasteiger partial charge >= 0.3 is 0 Å². The van der Waals surface area contributed by atoms with E-state index in [1.807, 2.05) is 38.1 Å². The number of carbonyl (C=O) groups is 2. The van der Waals surface area contributed by atoms with E-state index in [0.717, 1.165) is 15.4 Å². The molecule has 0 atom stereocenters. The Hall–Kier alpha value is -4.38. The van der Waals surface area contributed by atoms with Crippen molar-refractivity contribution in [3.63, 3.8) is 0 Å². The Morgan fingerprint density at radius 3 is 2.02 bits per heavy atom. The van der Waals surface area contributed by atoms with Crippen molar-refractivity contribution < 1.29 is 22.7 Å². The monoisotopic (exact) mass is 638 g/mol. The van der Waals surface area contributed by atoms with Gasteiger partial charge in [-0.3, -0.25) is 13.9 Å². The number of hydrogen-bond acceptors (Lipinski definition) is 6. The second kappa shape index (κ2) is 14.2. The molecular formula is C31H28Cl2N4O5S. The fraction of sp³-hybridized carbons (Fsp3) is 0.129. The quantitative estimate of drug-likeness (QED) is 0.155. The van der Waals surface area contributed by atoms with Gasteiger partial charge in [0.15, 0.2) is 6.61 Å². The number of halogens is 2. The number of aryl methyl sites for hydroxylation is 2. The van der Waals surface area contributed by atoms with Crippen molar-refractivity contribution in [1.82, 2.24) is 5.43 Å². The number of carbonyl (C=O) groups excluding carboxylic acids is 2. The Labute approximate surface area is 260 Å². The number of ether oxygens (including phenoxy) is 1. The summed E-state index contributed by atoms with van der Waals surface area (Å²) in [6.07, 6.45) is 1.39. The van der Waals surface area contributed by atoms with Gasteiger partial charge < -0.3 is 10.1 Å². The average molecular weight is 640 g/mol. The van der Waals surface area contributed by atoms with E-state index in [1.54, 1.807) is 36.4 Å². The summed E-state index contributed by atoms with van der Waals surface area (Å²) < 4.78 is 33.5. The molecule has 0 aliphatic heterocycles. The molecule has 0 heterocycles. The van der Waals surface area contributed by atoms with Crippen molar-refractivity contribution in [2.45, 2.75) is 18.7 Å². The molecule has 0 bridgehead atoms. The molecule has 9 nitrogen and oxygen atoms in total. The van der Waals surface area contributed by atoms with Crippen LogP contribution >= 0.6 is 23.2 Å². The van der Waals surface area contributed by atoms with Crippen LogP contribution in [0.4, 0.5) is 11.4 Å². The lowest BCUT2D eigenvalue weighted by Crippen LogP contribution is -2.39. The van der Waals surface area contributed by atoms with Gasteiger partial charge in [0.1, 0.15) is 12.3 Å². The van der Waals surface area contributed by atoms with Gasteiger partial charge in [-0.25, -0.2) is 13.8 Å². The minimum Gasteiger partial charge on any atom is -0.484 e. The fourth-order valence-electron chi connectivity index (χ4n) is 3.81. The summed E-state index contributed by atoms with van der Waals surface area (Å²) in [6.45, 7) is 3.05. The third-order valence-corrected chi connectivity index (χ3v) is 8.24. The summed E-state index contributed by atoms with van der Waals surface area (Å²) in [5, 5.41) is 7.13. The van der Waals surface area contributed by atoms with Crippen LogP contribution in [0.1, 0.15) is 16.7 Å². The first-order valence-corrected chi connectivity index (χ1v) is 15.2. The predicted octanol–water partition coefficient (Wildman–Crippen LogP) is 5.97. The molecule has 4 rings (SSSR count). The molecule has 0 radical (unpaired) electrons. The molecule has 0 spiro atoms. The molecule has 4 aromatic rings. The van der Waals surface area contributed by atoms with Crippen molar-refractivity contribution in [2.75, 3.05) is 22.8 Å². The Morgan fingerprint density at radius 2 is 1.42 bits per heavy atom. The highest BCUT2D eigenvalue weighted by molar-refractivity contribution is 7.92. The van der Waals surface area contributed by atoms with E-state index in [0.29, 0.717) is 17.0 Å². The predicted molar refractivity (Wildman–Crippen MR) is 170 cm³/mol. The normalized spacial score (nSPS) is 11.3. The van der Waals surface area contributed by atoms with Crippen molar-refractivity contribution >= 4 is 62.6 Å². The van der Waals surface area contributed by atoms with Crippen LogP contribution in [0.5, 0.6) is 5.75 Å². The smallest absolute Gasteiger partial charge is 0.264 e. The van der Waals surface area contributed by atoms with Gasteiger partial charge in [0.2, 0.25) is 0 Å². The third kappa shape index (κ3) is 9.05. The number of nitrogens with zero attached hydrogens (tertiary/aromatic N) is 2. The molecule has 4 aromatic carbocycles. The zero-order chi connectivity index (χ0) is 31.0. The van der Waals surface area contributed by atoms with Crippen LogP contribution in [0.25, 0.3) is 0 Å². The fourth-order valence-corrected chi connectivity index (χ4v) is 5.73. The second-order valence-corrected chi connectivity index (χ2v) is 12.3. The molecule has 2 amide bonds. The SMILES string of the molecule is Cc1ccc(NC(=O)COc2ccc(/C=N\NC(=O)CN(c3cc(Cl)cc(Cl)c3)S(=O)(=O)c3ccc(C)cc3)cc2)cc1. The van der Waals surface area contributed by atoms with Crippen molar-refractivity contribution in [2.24, 2.45) is 5.10 Å². The van der Waals surface area contributed by atoms with Crippen LogP contribution in [0.3, 0.4) is 0 Å². The molecule has 0 aliphatic carbocycles. The minimum atomic E-state index is -4.15. The summed E-state index contributed by atoms with van der Waals surface area (Å²) in [5.74, 6) is -0.518. The zero-order valence-corrected chi connectivity index (χ0v) is 25.6. The minimum absolute atomic E-state index is 0.000406. The van der Waals surface area contributed by atoms with Crippen molar-refractivity contribution in [3.05, 3.63) is 118 Å². The van der Waals surface area contributed by atoms with E-state index in [2.05, 4.69) is 15.8 Å². The van der Waals surface area contributed by atoms with Crippen LogP contribution in [-0.2, 0) is 19.6 Å².